The molecular weight excluding hydrogens is 390 g/mol. The molecule has 0 heterocycles. The molecule has 4 rings (SSSR count). The highest BCUT2D eigenvalue weighted by Crippen LogP contribution is 2.49. The molecule has 2 aliphatic carbocycles. The number of ether oxygens (including phenoxy) is 1. The molecule has 0 spiro atoms. The van der Waals surface area contributed by atoms with Crippen molar-refractivity contribution in [1.82, 2.24) is 0 Å². The number of rotatable bonds is 8. The predicted octanol–water partition coefficient (Wildman–Crippen LogP) is 8.79. The summed E-state index contributed by atoms with van der Waals surface area (Å²) in [5.74, 6) is 2.18. The Morgan fingerprint density at radius 1 is 0.903 bits per heavy atom. The first-order chi connectivity index (χ1) is 15.1. The Morgan fingerprint density at radius 2 is 1.68 bits per heavy atom. The second-order valence-corrected chi connectivity index (χ2v) is 10.1. The zero-order valence-corrected chi connectivity index (χ0v) is 19.3. The van der Waals surface area contributed by atoms with E-state index < -0.39 is 5.82 Å². The zero-order valence-electron chi connectivity index (χ0n) is 19.3. The van der Waals surface area contributed by atoms with E-state index >= 15 is 4.39 Å². The zero-order chi connectivity index (χ0) is 21.8. The van der Waals surface area contributed by atoms with Gasteiger partial charge in [-0.3, -0.25) is 0 Å². The molecule has 2 fully saturated rings. The van der Waals surface area contributed by atoms with Crippen molar-refractivity contribution >= 4 is 10.8 Å². The number of fused-ring (bicyclic) bond motifs is 2. The number of halogens is 2. The summed E-state index contributed by atoms with van der Waals surface area (Å²) in [4.78, 5) is 0. The first-order valence-electron chi connectivity index (χ1n) is 12.6. The normalized spacial score (nSPS) is 26.1. The average molecular weight is 429 g/mol. The standard InChI is InChI=1S/C28H38F2O/c1-3-4-5-6-7-8-19-9-10-21-16-22(12-11-20(21)15-19)24-17-23-13-14-27(31-2)28(30)25(23)18-26(24)29/h13-14,17-22H,3-12,15-16H2,1-2H3/t19?,20-,21?,22-/m1/s1. The molecule has 2 aliphatic rings. The summed E-state index contributed by atoms with van der Waals surface area (Å²) in [5.41, 5.74) is 0.786. The lowest BCUT2D eigenvalue weighted by Gasteiger charge is -2.42. The van der Waals surface area contributed by atoms with Gasteiger partial charge in [0.05, 0.1) is 7.11 Å². The van der Waals surface area contributed by atoms with Crippen LogP contribution in [0.2, 0.25) is 0 Å². The van der Waals surface area contributed by atoms with E-state index in [4.69, 9.17) is 4.74 Å². The van der Waals surface area contributed by atoms with Gasteiger partial charge in [-0.1, -0.05) is 57.9 Å². The molecular formula is C28H38F2O. The topological polar surface area (TPSA) is 9.23 Å². The molecule has 1 nitrogen and oxygen atoms in total. The maximum absolute atomic E-state index is 15.0. The summed E-state index contributed by atoms with van der Waals surface area (Å²) in [6, 6.07) is 6.75. The monoisotopic (exact) mass is 428 g/mol. The molecule has 0 bridgehead atoms. The second-order valence-electron chi connectivity index (χ2n) is 10.1. The van der Waals surface area contributed by atoms with E-state index in [9.17, 15) is 4.39 Å². The van der Waals surface area contributed by atoms with Crippen LogP contribution >= 0.6 is 0 Å². The lowest BCUT2D eigenvalue weighted by Crippen LogP contribution is -2.30. The third-order valence-electron chi connectivity index (χ3n) is 8.13. The molecule has 0 radical (unpaired) electrons. The quantitative estimate of drug-likeness (QED) is 0.382. The fourth-order valence-electron chi connectivity index (χ4n) is 6.35. The van der Waals surface area contributed by atoms with Crippen LogP contribution < -0.4 is 4.74 Å². The highest BCUT2D eigenvalue weighted by Gasteiger charge is 2.36. The van der Waals surface area contributed by atoms with Gasteiger partial charge in [0.2, 0.25) is 0 Å². The maximum Gasteiger partial charge on any atom is 0.172 e. The number of hydrogen-bond donors (Lipinski definition) is 0. The Labute approximate surface area is 186 Å². The van der Waals surface area contributed by atoms with Crippen molar-refractivity contribution in [2.24, 2.45) is 17.8 Å². The van der Waals surface area contributed by atoms with E-state index in [1.807, 2.05) is 12.1 Å². The minimum Gasteiger partial charge on any atom is -0.494 e. The molecule has 2 aromatic carbocycles. The van der Waals surface area contributed by atoms with Gasteiger partial charge >= 0.3 is 0 Å². The van der Waals surface area contributed by atoms with Crippen LogP contribution in [0.15, 0.2) is 24.3 Å². The Hall–Kier alpha value is -1.64. The molecule has 2 saturated carbocycles. The van der Waals surface area contributed by atoms with Gasteiger partial charge in [-0.2, -0.15) is 0 Å². The molecule has 2 unspecified atom stereocenters. The largest absolute Gasteiger partial charge is 0.494 e. The minimum absolute atomic E-state index is 0.169. The summed E-state index contributed by atoms with van der Waals surface area (Å²) < 4.78 is 34.6. The van der Waals surface area contributed by atoms with Gasteiger partial charge in [0, 0.05) is 5.39 Å². The second kappa shape index (κ2) is 10.3. The van der Waals surface area contributed by atoms with E-state index in [1.54, 1.807) is 6.07 Å². The van der Waals surface area contributed by atoms with E-state index in [1.165, 1.54) is 77.4 Å². The molecule has 0 aliphatic heterocycles. The van der Waals surface area contributed by atoms with E-state index in [0.29, 0.717) is 5.39 Å². The third-order valence-corrected chi connectivity index (χ3v) is 8.13. The highest BCUT2D eigenvalue weighted by molar-refractivity contribution is 5.85. The highest BCUT2D eigenvalue weighted by atomic mass is 19.1. The van der Waals surface area contributed by atoms with Gasteiger partial charge in [-0.05, 0) is 84.9 Å². The molecule has 0 N–H and O–H groups in total. The third kappa shape index (κ3) is 5.07. The first kappa shape index (κ1) is 22.6. The van der Waals surface area contributed by atoms with Gasteiger partial charge in [0.1, 0.15) is 5.82 Å². The van der Waals surface area contributed by atoms with Crippen LogP contribution in [0.25, 0.3) is 10.8 Å². The molecule has 31 heavy (non-hydrogen) atoms. The van der Waals surface area contributed by atoms with Crippen LogP contribution in [0.1, 0.15) is 95.5 Å². The van der Waals surface area contributed by atoms with Crippen molar-refractivity contribution in [3.63, 3.8) is 0 Å². The maximum atomic E-state index is 15.0. The van der Waals surface area contributed by atoms with Crippen LogP contribution in [0.4, 0.5) is 8.78 Å². The average Bonchev–Trinajstić information content (AvgIpc) is 2.79. The van der Waals surface area contributed by atoms with Crippen molar-refractivity contribution in [3.05, 3.63) is 41.5 Å². The molecule has 2 aromatic rings. The lowest BCUT2D eigenvalue weighted by molar-refractivity contribution is 0.112. The summed E-state index contributed by atoms with van der Waals surface area (Å²) >= 11 is 0. The smallest absolute Gasteiger partial charge is 0.172 e. The summed E-state index contributed by atoms with van der Waals surface area (Å²) in [5, 5.41) is 1.08. The molecule has 170 valence electrons. The molecule has 0 aromatic heterocycles. The summed E-state index contributed by atoms with van der Waals surface area (Å²) in [6.07, 6.45) is 15.7. The van der Waals surface area contributed by atoms with E-state index in [0.717, 1.165) is 41.5 Å². The molecule has 4 atom stereocenters. The van der Waals surface area contributed by atoms with Gasteiger partial charge in [0.25, 0.3) is 0 Å². The van der Waals surface area contributed by atoms with Crippen LogP contribution in [-0.2, 0) is 0 Å². The summed E-state index contributed by atoms with van der Waals surface area (Å²) in [6.45, 7) is 2.27. The molecule has 3 heteroatoms. The van der Waals surface area contributed by atoms with Crippen molar-refractivity contribution in [3.8, 4) is 5.75 Å². The van der Waals surface area contributed by atoms with Crippen LogP contribution in [0, 0.1) is 29.4 Å². The van der Waals surface area contributed by atoms with Crippen LogP contribution in [0.5, 0.6) is 5.75 Å². The van der Waals surface area contributed by atoms with Crippen LogP contribution in [-0.4, -0.2) is 7.11 Å². The first-order valence-corrected chi connectivity index (χ1v) is 12.6. The number of unbranched alkanes of at least 4 members (excludes halogenated alkanes) is 4. The van der Waals surface area contributed by atoms with Gasteiger partial charge in [-0.25, -0.2) is 8.78 Å². The Bertz CT molecular complexity index is 877. The Balaban J connectivity index is 1.38. The van der Waals surface area contributed by atoms with E-state index in [2.05, 4.69) is 6.92 Å². The number of hydrogen-bond acceptors (Lipinski definition) is 1. The molecule has 0 saturated heterocycles. The van der Waals surface area contributed by atoms with E-state index in [-0.39, 0.29) is 17.5 Å². The Kier molecular flexibility index (Phi) is 7.51. The van der Waals surface area contributed by atoms with Crippen LogP contribution in [0.3, 0.4) is 0 Å². The lowest BCUT2D eigenvalue weighted by atomic mass is 9.63. The number of methoxy groups -OCH3 is 1. The van der Waals surface area contributed by atoms with Crippen molar-refractivity contribution in [2.75, 3.05) is 7.11 Å². The number of benzene rings is 2. The predicted molar refractivity (Wildman–Crippen MR) is 125 cm³/mol. The SMILES string of the molecule is CCCCCCCC1CCC2C[C@H](c3cc4ccc(OC)c(F)c4cc3F)CC[C@@H]2C1. The summed E-state index contributed by atoms with van der Waals surface area (Å²) in [7, 11) is 1.44. The van der Waals surface area contributed by atoms with Gasteiger partial charge in [-0.15, -0.1) is 0 Å². The van der Waals surface area contributed by atoms with Gasteiger partial charge < -0.3 is 4.74 Å². The fraction of sp³-hybridized carbons (Fsp3) is 0.643. The van der Waals surface area contributed by atoms with Crippen molar-refractivity contribution in [2.45, 2.75) is 89.9 Å². The van der Waals surface area contributed by atoms with Crippen molar-refractivity contribution < 1.29 is 13.5 Å². The fourth-order valence-corrected chi connectivity index (χ4v) is 6.35. The van der Waals surface area contributed by atoms with Gasteiger partial charge in [0.15, 0.2) is 11.6 Å². The minimum atomic E-state index is -0.470. The Morgan fingerprint density at radius 3 is 2.48 bits per heavy atom. The molecule has 0 amide bonds. The van der Waals surface area contributed by atoms with Crippen molar-refractivity contribution in [1.29, 1.82) is 0 Å².